The molecule has 0 saturated carbocycles. The SMILES string of the molecule is NC(Cl)c1cccc(Br)c1. The first kappa shape index (κ1) is 8.05. The van der Waals surface area contributed by atoms with Crippen LogP contribution in [0.15, 0.2) is 28.7 Å². The molecular formula is C7H7BrClN. The van der Waals surface area contributed by atoms with E-state index in [1.807, 2.05) is 24.3 Å². The maximum absolute atomic E-state index is 5.63. The zero-order valence-electron chi connectivity index (χ0n) is 5.22. The van der Waals surface area contributed by atoms with Crippen LogP contribution in [0.1, 0.15) is 11.1 Å². The van der Waals surface area contributed by atoms with Crippen LogP contribution < -0.4 is 5.73 Å². The molecule has 0 amide bonds. The quantitative estimate of drug-likeness (QED) is 0.571. The van der Waals surface area contributed by atoms with Crippen molar-refractivity contribution in [1.82, 2.24) is 0 Å². The Balaban J connectivity index is 2.96. The van der Waals surface area contributed by atoms with Gasteiger partial charge in [0, 0.05) is 4.47 Å². The molecule has 2 N–H and O–H groups in total. The van der Waals surface area contributed by atoms with E-state index in [-0.39, 0.29) is 0 Å². The summed E-state index contributed by atoms with van der Waals surface area (Å²) < 4.78 is 1.00. The van der Waals surface area contributed by atoms with Crippen molar-refractivity contribution in [3.8, 4) is 0 Å². The fraction of sp³-hybridized carbons (Fsp3) is 0.143. The van der Waals surface area contributed by atoms with Crippen molar-refractivity contribution in [2.75, 3.05) is 0 Å². The Morgan fingerprint density at radius 3 is 2.60 bits per heavy atom. The van der Waals surface area contributed by atoms with Gasteiger partial charge >= 0.3 is 0 Å². The van der Waals surface area contributed by atoms with Crippen LogP contribution in [-0.4, -0.2) is 0 Å². The number of hydrogen-bond acceptors (Lipinski definition) is 1. The Bertz CT molecular complexity index is 225. The average molecular weight is 220 g/mol. The molecule has 1 aromatic carbocycles. The highest BCUT2D eigenvalue weighted by Crippen LogP contribution is 2.18. The molecular weight excluding hydrogens is 213 g/mol. The average Bonchev–Trinajstić information content (AvgIpc) is 1.88. The van der Waals surface area contributed by atoms with Crippen LogP contribution in [0.5, 0.6) is 0 Å². The molecule has 0 aliphatic rings. The minimum atomic E-state index is -0.405. The summed E-state index contributed by atoms with van der Waals surface area (Å²) in [5, 5.41) is 0. The van der Waals surface area contributed by atoms with Crippen LogP contribution >= 0.6 is 27.5 Å². The molecule has 0 saturated heterocycles. The Labute approximate surface area is 73.3 Å². The summed E-state index contributed by atoms with van der Waals surface area (Å²) in [6.45, 7) is 0. The first-order chi connectivity index (χ1) is 4.70. The van der Waals surface area contributed by atoms with Crippen LogP contribution in [0.25, 0.3) is 0 Å². The normalized spacial score (nSPS) is 13.1. The standard InChI is InChI=1S/C7H7BrClN/c8-6-3-1-2-5(4-6)7(9)10/h1-4,7H,10H2. The number of alkyl halides is 1. The third-order valence-corrected chi connectivity index (χ3v) is 1.91. The van der Waals surface area contributed by atoms with E-state index in [1.54, 1.807) is 0 Å². The number of benzene rings is 1. The molecule has 0 aromatic heterocycles. The Morgan fingerprint density at radius 2 is 2.20 bits per heavy atom. The lowest BCUT2D eigenvalue weighted by molar-refractivity contribution is 1.02. The zero-order valence-corrected chi connectivity index (χ0v) is 7.56. The summed E-state index contributed by atoms with van der Waals surface area (Å²) in [7, 11) is 0. The van der Waals surface area contributed by atoms with Gasteiger partial charge in [-0.25, -0.2) is 0 Å². The molecule has 0 aliphatic carbocycles. The van der Waals surface area contributed by atoms with Crippen LogP contribution in [-0.2, 0) is 0 Å². The molecule has 0 aliphatic heterocycles. The van der Waals surface area contributed by atoms with Gasteiger partial charge in [0.15, 0.2) is 0 Å². The van der Waals surface area contributed by atoms with Gasteiger partial charge in [-0.1, -0.05) is 28.1 Å². The lowest BCUT2D eigenvalue weighted by Gasteiger charge is -2.01. The van der Waals surface area contributed by atoms with Crippen LogP contribution in [0.2, 0.25) is 0 Å². The second-order valence-corrected chi connectivity index (χ2v) is 3.34. The Morgan fingerprint density at radius 1 is 1.50 bits per heavy atom. The number of nitrogens with two attached hydrogens (primary N) is 1. The summed E-state index contributed by atoms with van der Waals surface area (Å²) in [5.41, 5.74) is 5.95. The van der Waals surface area contributed by atoms with E-state index in [0.29, 0.717) is 0 Å². The maximum atomic E-state index is 5.63. The largest absolute Gasteiger partial charge is 0.312 e. The third-order valence-electron chi connectivity index (χ3n) is 1.17. The summed E-state index contributed by atoms with van der Waals surface area (Å²) in [4.78, 5) is 0. The molecule has 1 nitrogen and oxygen atoms in total. The number of halogens is 2. The van der Waals surface area contributed by atoms with Gasteiger partial charge in [-0.15, -0.1) is 11.6 Å². The minimum Gasteiger partial charge on any atom is -0.312 e. The predicted octanol–water partition coefficient (Wildman–Crippen LogP) is 2.65. The number of rotatable bonds is 1. The Hall–Kier alpha value is -0.0500. The second-order valence-electron chi connectivity index (χ2n) is 1.96. The van der Waals surface area contributed by atoms with E-state index in [1.165, 1.54) is 0 Å². The monoisotopic (exact) mass is 219 g/mol. The summed E-state index contributed by atoms with van der Waals surface area (Å²) >= 11 is 8.95. The van der Waals surface area contributed by atoms with Crippen LogP contribution in [0.4, 0.5) is 0 Å². The fourth-order valence-corrected chi connectivity index (χ4v) is 1.23. The maximum Gasteiger partial charge on any atom is 0.106 e. The molecule has 1 rings (SSSR count). The third kappa shape index (κ3) is 1.97. The van der Waals surface area contributed by atoms with Gasteiger partial charge in [-0.2, -0.15) is 0 Å². The van der Waals surface area contributed by atoms with E-state index in [9.17, 15) is 0 Å². The topological polar surface area (TPSA) is 26.0 Å². The van der Waals surface area contributed by atoms with E-state index in [2.05, 4.69) is 15.9 Å². The van der Waals surface area contributed by atoms with Crippen molar-refractivity contribution in [2.45, 2.75) is 5.50 Å². The highest BCUT2D eigenvalue weighted by molar-refractivity contribution is 9.10. The van der Waals surface area contributed by atoms with Gasteiger partial charge in [0.2, 0.25) is 0 Å². The smallest absolute Gasteiger partial charge is 0.106 e. The Kier molecular flexibility index (Phi) is 2.72. The minimum absolute atomic E-state index is 0.405. The predicted molar refractivity (Wildman–Crippen MR) is 46.9 cm³/mol. The molecule has 54 valence electrons. The van der Waals surface area contributed by atoms with E-state index < -0.39 is 5.50 Å². The first-order valence-electron chi connectivity index (χ1n) is 2.85. The summed E-state index contributed by atoms with van der Waals surface area (Å²) in [6.07, 6.45) is 0. The van der Waals surface area contributed by atoms with Gasteiger partial charge in [0.05, 0.1) is 0 Å². The van der Waals surface area contributed by atoms with Crippen molar-refractivity contribution < 1.29 is 0 Å². The van der Waals surface area contributed by atoms with E-state index in [0.717, 1.165) is 10.0 Å². The van der Waals surface area contributed by atoms with Gasteiger partial charge in [-0.3, -0.25) is 0 Å². The van der Waals surface area contributed by atoms with E-state index in [4.69, 9.17) is 17.3 Å². The van der Waals surface area contributed by atoms with Crippen molar-refractivity contribution in [2.24, 2.45) is 5.73 Å². The molecule has 1 unspecified atom stereocenters. The molecule has 1 aromatic rings. The van der Waals surface area contributed by atoms with Crippen LogP contribution in [0, 0.1) is 0 Å². The lowest BCUT2D eigenvalue weighted by atomic mass is 10.2. The molecule has 3 heteroatoms. The van der Waals surface area contributed by atoms with Gasteiger partial charge in [0.25, 0.3) is 0 Å². The van der Waals surface area contributed by atoms with E-state index >= 15 is 0 Å². The van der Waals surface area contributed by atoms with Crippen LogP contribution in [0.3, 0.4) is 0 Å². The molecule has 0 bridgehead atoms. The highest BCUT2D eigenvalue weighted by Gasteiger charge is 1.99. The second kappa shape index (κ2) is 3.37. The highest BCUT2D eigenvalue weighted by atomic mass is 79.9. The molecule has 0 radical (unpaired) electrons. The fourth-order valence-electron chi connectivity index (χ4n) is 0.678. The summed E-state index contributed by atoms with van der Waals surface area (Å²) in [6, 6.07) is 7.63. The first-order valence-corrected chi connectivity index (χ1v) is 4.08. The molecule has 0 fully saturated rings. The van der Waals surface area contributed by atoms with Crippen molar-refractivity contribution in [3.63, 3.8) is 0 Å². The molecule has 1 atom stereocenters. The van der Waals surface area contributed by atoms with Gasteiger partial charge in [0.1, 0.15) is 5.50 Å². The molecule has 0 spiro atoms. The van der Waals surface area contributed by atoms with Crippen molar-refractivity contribution in [1.29, 1.82) is 0 Å². The van der Waals surface area contributed by atoms with Gasteiger partial charge in [-0.05, 0) is 17.7 Å². The summed E-state index contributed by atoms with van der Waals surface area (Å²) in [5.74, 6) is 0. The van der Waals surface area contributed by atoms with Gasteiger partial charge < -0.3 is 5.73 Å². The zero-order chi connectivity index (χ0) is 7.56. The molecule has 10 heavy (non-hydrogen) atoms. The lowest BCUT2D eigenvalue weighted by Crippen LogP contribution is -2.01. The van der Waals surface area contributed by atoms with Crippen molar-refractivity contribution >= 4 is 27.5 Å². The molecule has 0 heterocycles. The number of hydrogen-bond donors (Lipinski definition) is 1. The van der Waals surface area contributed by atoms with Crippen molar-refractivity contribution in [3.05, 3.63) is 34.3 Å².